The minimum atomic E-state index is -0.343. The molecule has 9 rings (SSSR count). The van der Waals surface area contributed by atoms with E-state index in [1.807, 2.05) is 0 Å². The smallest absolute Gasteiger partial charge is 0.0732 e. The molecule has 0 bridgehead atoms. The summed E-state index contributed by atoms with van der Waals surface area (Å²) in [5.41, 5.74) is 13.0. The van der Waals surface area contributed by atoms with Crippen molar-refractivity contribution in [3.8, 4) is 22.3 Å². The molecule has 0 aliphatic heterocycles. The third-order valence-electron chi connectivity index (χ3n) is 8.59. The van der Waals surface area contributed by atoms with Crippen LogP contribution < -0.4 is 0 Å². The van der Waals surface area contributed by atoms with Crippen molar-refractivity contribution in [1.29, 1.82) is 0 Å². The second kappa shape index (κ2) is 6.33. The predicted molar refractivity (Wildman–Crippen MR) is 150 cm³/mol. The summed E-state index contributed by atoms with van der Waals surface area (Å²) in [5, 5.41) is 5.21. The molecule has 1 heterocycles. The van der Waals surface area contributed by atoms with Crippen molar-refractivity contribution in [2.45, 2.75) is 5.41 Å². The Kier molecular flexibility index (Phi) is 3.28. The van der Waals surface area contributed by atoms with Gasteiger partial charge in [0.05, 0.1) is 5.41 Å². The van der Waals surface area contributed by atoms with E-state index in [9.17, 15) is 0 Å². The van der Waals surface area contributed by atoms with Crippen molar-refractivity contribution in [3.63, 3.8) is 0 Å². The van der Waals surface area contributed by atoms with Gasteiger partial charge < -0.3 is 4.98 Å². The van der Waals surface area contributed by atoms with Gasteiger partial charge in [-0.1, -0.05) is 103 Å². The molecule has 2 aliphatic carbocycles. The molecule has 0 fully saturated rings. The van der Waals surface area contributed by atoms with Crippen LogP contribution in [0.5, 0.6) is 0 Å². The minimum absolute atomic E-state index is 0.343. The van der Waals surface area contributed by atoms with Crippen LogP contribution in [0.25, 0.3) is 54.8 Å². The highest BCUT2D eigenvalue weighted by Crippen LogP contribution is 2.64. The first kappa shape index (κ1) is 18.7. The fourth-order valence-electron chi connectivity index (χ4n) is 7.26. The van der Waals surface area contributed by atoms with E-state index in [4.69, 9.17) is 0 Å². The lowest BCUT2D eigenvalue weighted by Crippen LogP contribution is -2.26. The van der Waals surface area contributed by atoms with Crippen LogP contribution in [0.1, 0.15) is 22.3 Å². The Morgan fingerprint density at radius 1 is 0.417 bits per heavy atom. The maximum atomic E-state index is 3.73. The van der Waals surface area contributed by atoms with Crippen molar-refractivity contribution in [3.05, 3.63) is 144 Å². The molecule has 1 nitrogen and oxygen atoms in total. The summed E-state index contributed by atoms with van der Waals surface area (Å²) in [6.07, 6.45) is 0. The molecule has 0 saturated heterocycles. The fraction of sp³-hybridized carbons (Fsp3) is 0.0286. The summed E-state index contributed by atoms with van der Waals surface area (Å²) in [4.78, 5) is 3.73. The van der Waals surface area contributed by atoms with Gasteiger partial charge in [0, 0.05) is 21.8 Å². The van der Waals surface area contributed by atoms with E-state index in [-0.39, 0.29) is 5.41 Å². The van der Waals surface area contributed by atoms with Gasteiger partial charge in [0.25, 0.3) is 0 Å². The minimum Gasteiger partial charge on any atom is -0.355 e. The highest BCUT2D eigenvalue weighted by Gasteiger charge is 2.52. The molecule has 36 heavy (non-hydrogen) atoms. The number of H-pyrrole nitrogens is 1. The third kappa shape index (κ3) is 2.01. The normalized spacial score (nSPS) is 14.3. The number of fused-ring (bicyclic) bond motifs is 15. The molecule has 2 aliphatic rings. The molecule has 1 N–H and O–H groups in total. The summed E-state index contributed by atoms with van der Waals surface area (Å²) in [6, 6.07) is 45.1. The van der Waals surface area contributed by atoms with Gasteiger partial charge in [0.2, 0.25) is 0 Å². The van der Waals surface area contributed by atoms with Crippen molar-refractivity contribution >= 4 is 32.6 Å². The van der Waals surface area contributed by atoms with Gasteiger partial charge in [-0.2, -0.15) is 0 Å². The zero-order chi connectivity index (χ0) is 23.4. The first-order valence-electron chi connectivity index (χ1n) is 12.6. The van der Waals surface area contributed by atoms with Gasteiger partial charge in [0.15, 0.2) is 0 Å². The average Bonchev–Trinajstić information content (AvgIpc) is 3.55. The maximum Gasteiger partial charge on any atom is 0.0732 e. The lowest BCUT2D eigenvalue weighted by molar-refractivity contribution is 0.802. The molecule has 166 valence electrons. The molecule has 0 radical (unpaired) electrons. The molecule has 0 unspecified atom stereocenters. The second-order valence-corrected chi connectivity index (χ2v) is 10.2. The number of hydrogen-bond donors (Lipinski definition) is 1. The molecule has 1 heteroatoms. The summed E-state index contributed by atoms with van der Waals surface area (Å²) < 4.78 is 0. The van der Waals surface area contributed by atoms with E-state index in [1.54, 1.807) is 0 Å². The van der Waals surface area contributed by atoms with E-state index in [1.165, 1.54) is 77.1 Å². The Hall–Kier alpha value is -4.62. The largest absolute Gasteiger partial charge is 0.355 e. The van der Waals surface area contributed by atoms with Crippen LogP contribution in [0.15, 0.2) is 121 Å². The van der Waals surface area contributed by atoms with Gasteiger partial charge >= 0.3 is 0 Å². The third-order valence-corrected chi connectivity index (χ3v) is 8.59. The van der Waals surface area contributed by atoms with Gasteiger partial charge in [-0.3, -0.25) is 0 Å². The van der Waals surface area contributed by atoms with Crippen LogP contribution in [-0.2, 0) is 5.41 Å². The molecule has 1 spiro atoms. The number of rotatable bonds is 0. The lowest BCUT2D eigenvalue weighted by atomic mass is 9.69. The number of nitrogens with one attached hydrogen (secondary N) is 1. The second-order valence-electron chi connectivity index (χ2n) is 10.2. The van der Waals surface area contributed by atoms with E-state index in [2.05, 4.69) is 126 Å². The van der Waals surface area contributed by atoms with Crippen LogP contribution in [0.2, 0.25) is 0 Å². The molecule has 1 aromatic heterocycles. The van der Waals surface area contributed by atoms with Gasteiger partial charge in [-0.15, -0.1) is 0 Å². The van der Waals surface area contributed by atoms with Crippen LogP contribution in [0.3, 0.4) is 0 Å². The molecule has 6 aromatic carbocycles. The zero-order valence-electron chi connectivity index (χ0n) is 19.5. The van der Waals surface area contributed by atoms with E-state index in [0.29, 0.717) is 0 Å². The Morgan fingerprint density at radius 3 is 1.89 bits per heavy atom. The molecular weight excluding hydrogens is 434 g/mol. The number of aromatic nitrogens is 1. The van der Waals surface area contributed by atoms with Crippen molar-refractivity contribution in [2.24, 2.45) is 0 Å². The van der Waals surface area contributed by atoms with Crippen molar-refractivity contribution in [2.75, 3.05) is 0 Å². The SMILES string of the molecule is c1ccc2c(c1)-c1ccccc1C21c2cc3[nH]c4ccccc4c3cc2-c2ccc3ccccc3c21. The number of aromatic amines is 1. The predicted octanol–water partition coefficient (Wildman–Crippen LogP) is 8.82. The van der Waals surface area contributed by atoms with Gasteiger partial charge in [0.1, 0.15) is 0 Å². The first-order chi connectivity index (χ1) is 17.9. The highest BCUT2D eigenvalue weighted by atomic mass is 14.7. The number of hydrogen-bond acceptors (Lipinski definition) is 0. The summed E-state index contributed by atoms with van der Waals surface area (Å²) in [7, 11) is 0. The number of para-hydroxylation sites is 1. The standard InChI is InChI=1S/C35H21N/c1-2-10-22-21(9-1)17-18-26-27-19-28-25-13-5-8-16-32(25)36-33(28)20-31(27)35(34(22)26)29-14-6-3-11-23(29)24-12-4-7-15-30(24)35/h1-20,36H. The van der Waals surface area contributed by atoms with Gasteiger partial charge in [-0.25, -0.2) is 0 Å². The van der Waals surface area contributed by atoms with E-state index >= 15 is 0 Å². The van der Waals surface area contributed by atoms with Gasteiger partial charge in [-0.05, 0) is 73.5 Å². The highest BCUT2D eigenvalue weighted by molar-refractivity contribution is 6.12. The topological polar surface area (TPSA) is 15.8 Å². The van der Waals surface area contributed by atoms with Crippen LogP contribution in [0.4, 0.5) is 0 Å². The lowest BCUT2D eigenvalue weighted by Gasteiger charge is -2.31. The van der Waals surface area contributed by atoms with E-state index < -0.39 is 0 Å². The molecular formula is C35H21N. The average molecular weight is 456 g/mol. The first-order valence-corrected chi connectivity index (χ1v) is 12.6. The quantitative estimate of drug-likeness (QED) is 0.235. The van der Waals surface area contributed by atoms with Crippen molar-refractivity contribution < 1.29 is 0 Å². The Labute approximate surface area is 208 Å². The monoisotopic (exact) mass is 455 g/mol. The van der Waals surface area contributed by atoms with E-state index in [0.717, 1.165) is 0 Å². The van der Waals surface area contributed by atoms with Crippen molar-refractivity contribution in [1.82, 2.24) is 4.98 Å². The molecule has 0 saturated carbocycles. The summed E-state index contributed by atoms with van der Waals surface area (Å²) in [6.45, 7) is 0. The molecule has 0 amide bonds. The summed E-state index contributed by atoms with van der Waals surface area (Å²) >= 11 is 0. The Morgan fingerprint density at radius 2 is 1.08 bits per heavy atom. The summed E-state index contributed by atoms with van der Waals surface area (Å²) in [5.74, 6) is 0. The molecule has 0 atom stereocenters. The van der Waals surface area contributed by atoms with Crippen LogP contribution in [-0.4, -0.2) is 4.98 Å². The fourth-order valence-corrected chi connectivity index (χ4v) is 7.26. The Balaban J connectivity index is 1.55. The van der Waals surface area contributed by atoms with Crippen LogP contribution >= 0.6 is 0 Å². The van der Waals surface area contributed by atoms with Crippen LogP contribution in [0, 0.1) is 0 Å². The molecule has 7 aromatic rings. The number of benzene rings is 6. The Bertz CT molecular complexity index is 2010. The zero-order valence-corrected chi connectivity index (χ0v) is 19.5. The maximum absolute atomic E-state index is 3.73.